The van der Waals surface area contributed by atoms with Crippen molar-refractivity contribution >= 4 is 0 Å². The van der Waals surface area contributed by atoms with Crippen LogP contribution < -0.4 is 0 Å². The maximum Gasteiger partial charge on any atom is 0.113 e. The summed E-state index contributed by atoms with van der Waals surface area (Å²) in [4.78, 5) is 0. The number of ether oxygens (including phenoxy) is 1. The third kappa shape index (κ3) is 2.49. The van der Waals surface area contributed by atoms with E-state index in [1.54, 1.807) is 0 Å². The molecule has 1 N–H and O–H groups in total. The summed E-state index contributed by atoms with van der Waals surface area (Å²) in [6.45, 7) is 4.78. The first-order valence-corrected chi connectivity index (χ1v) is 7.11. The van der Waals surface area contributed by atoms with E-state index in [2.05, 4.69) is 32.0 Å². The van der Waals surface area contributed by atoms with E-state index in [1.807, 2.05) is 24.3 Å². The van der Waals surface area contributed by atoms with Crippen LogP contribution in [0.25, 0.3) is 0 Å². The Morgan fingerprint density at radius 2 is 1.80 bits per heavy atom. The fourth-order valence-electron chi connectivity index (χ4n) is 3.04. The molecule has 0 amide bonds. The molecule has 2 heteroatoms. The molecule has 20 heavy (non-hydrogen) atoms. The van der Waals surface area contributed by atoms with Crippen molar-refractivity contribution in [2.45, 2.75) is 32.5 Å². The molecule has 2 aromatic carbocycles. The van der Waals surface area contributed by atoms with E-state index in [4.69, 9.17) is 4.74 Å². The highest BCUT2D eigenvalue weighted by Crippen LogP contribution is 2.37. The van der Waals surface area contributed by atoms with Gasteiger partial charge in [0.2, 0.25) is 0 Å². The van der Waals surface area contributed by atoms with Crippen LogP contribution >= 0.6 is 0 Å². The summed E-state index contributed by atoms with van der Waals surface area (Å²) in [6.07, 6.45) is 0.0443. The molecule has 1 aliphatic heterocycles. The molecule has 2 atom stereocenters. The lowest BCUT2D eigenvalue weighted by Crippen LogP contribution is -2.22. The van der Waals surface area contributed by atoms with Crippen LogP contribution in [0, 0.1) is 13.8 Å². The average molecular weight is 268 g/mol. The lowest BCUT2D eigenvalue weighted by atomic mass is 9.90. The van der Waals surface area contributed by atoms with Gasteiger partial charge in [-0.15, -0.1) is 0 Å². The maximum absolute atomic E-state index is 10.7. The molecule has 0 bridgehead atoms. The van der Waals surface area contributed by atoms with Crippen molar-refractivity contribution in [2.24, 2.45) is 0 Å². The Kier molecular flexibility index (Phi) is 3.60. The van der Waals surface area contributed by atoms with E-state index in [-0.39, 0.29) is 6.10 Å². The number of aliphatic hydroxyl groups excluding tert-OH is 1. The fourth-order valence-corrected chi connectivity index (χ4v) is 3.04. The van der Waals surface area contributed by atoms with E-state index >= 15 is 0 Å². The SMILES string of the molecule is Cc1cc(C)cc(C(O)C2OCCc3ccccc32)c1. The Bertz CT molecular complexity index is 598. The number of rotatable bonds is 2. The smallest absolute Gasteiger partial charge is 0.113 e. The monoisotopic (exact) mass is 268 g/mol. The lowest BCUT2D eigenvalue weighted by Gasteiger charge is -2.30. The number of aliphatic hydroxyl groups is 1. The van der Waals surface area contributed by atoms with Crippen molar-refractivity contribution in [3.05, 3.63) is 70.3 Å². The zero-order valence-corrected chi connectivity index (χ0v) is 12.0. The molecule has 1 aliphatic rings. The van der Waals surface area contributed by atoms with Gasteiger partial charge in [0, 0.05) is 0 Å². The molecule has 0 saturated heterocycles. The third-order valence-corrected chi connectivity index (χ3v) is 3.90. The first-order valence-electron chi connectivity index (χ1n) is 7.11. The lowest BCUT2D eigenvalue weighted by molar-refractivity contribution is -0.0483. The summed E-state index contributed by atoms with van der Waals surface area (Å²) in [5.41, 5.74) is 5.67. The molecule has 104 valence electrons. The van der Waals surface area contributed by atoms with Crippen LogP contribution in [-0.2, 0) is 11.2 Å². The van der Waals surface area contributed by atoms with Crippen LogP contribution in [0.2, 0.25) is 0 Å². The highest BCUT2D eigenvalue weighted by molar-refractivity contribution is 5.36. The summed E-state index contributed by atoms with van der Waals surface area (Å²) >= 11 is 0. The van der Waals surface area contributed by atoms with E-state index < -0.39 is 6.10 Å². The standard InChI is InChI=1S/C18H20O2/c1-12-9-13(2)11-15(10-12)17(19)18-16-6-4-3-5-14(16)7-8-20-18/h3-6,9-11,17-19H,7-8H2,1-2H3. The quantitative estimate of drug-likeness (QED) is 0.901. The molecule has 0 spiro atoms. The van der Waals surface area contributed by atoms with Crippen LogP contribution in [0.15, 0.2) is 42.5 Å². The van der Waals surface area contributed by atoms with Gasteiger partial charge in [-0.3, -0.25) is 0 Å². The molecule has 2 aromatic rings. The minimum Gasteiger partial charge on any atom is -0.385 e. The van der Waals surface area contributed by atoms with Crippen LogP contribution in [0.5, 0.6) is 0 Å². The third-order valence-electron chi connectivity index (χ3n) is 3.90. The topological polar surface area (TPSA) is 29.5 Å². The van der Waals surface area contributed by atoms with Gasteiger partial charge in [0.1, 0.15) is 12.2 Å². The summed E-state index contributed by atoms with van der Waals surface area (Å²) in [6, 6.07) is 14.4. The second-order valence-corrected chi connectivity index (χ2v) is 5.61. The molecular weight excluding hydrogens is 248 g/mol. The van der Waals surface area contributed by atoms with E-state index in [1.165, 1.54) is 16.7 Å². The number of fused-ring (bicyclic) bond motifs is 1. The van der Waals surface area contributed by atoms with Gasteiger partial charge in [-0.05, 0) is 37.0 Å². The van der Waals surface area contributed by atoms with Crippen molar-refractivity contribution < 1.29 is 9.84 Å². The van der Waals surface area contributed by atoms with Gasteiger partial charge < -0.3 is 9.84 Å². The van der Waals surface area contributed by atoms with Gasteiger partial charge in [-0.1, -0.05) is 53.6 Å². The Morgan fingerprint density at radius 3 is 2.55 bits per heavy atom. The number of benzene rings is 2. The molecule has 0 aromatic heterocycles. The van der Waals surface area contributed by atoms with Crippen molar-refractivity contribution in [1.29, 1.82) is 0 Å². The molecule has 0 aliphatic carbocycles. The van der Waals surface area contributed by atoms with Crippen LogP contribution in [0.4, 0.5) is 0 Å². The Hall–Kier alpha value is -1.64. The van der Waals surface area contributed by atoms with Gasteiger partial charge >= 0.3 is 0 Å². The number of aryl methyl sites for hydroxylation is 2. The zero-order chi connectivity index (χ0) is 14.1. The first kappa shape index (κ1) is 13.3. The van der Waals surface area contributed by atoms with Crippen molar-refractivity contribution in [3.63, 3.8) is 0 Å². The van der Waals surface area contributed by atoms with Gasteiger partial charge in [-0.2, -0.15) is 0 Å². The molecule has 1 heterocycles. The minimum atomic E-state index is -0.616. The highest BCUT2D eigenvalue weighted by atomic mass is 16.5. The van der Waals surface area contributed by atoms with Gasteiger partial charge in [0.25, 0.3) is 0 Å². The highest BCUT2D eigenvalue weighted by Gasteiger charge is 2.28. The molecular formula is C18H20O2. The molecule has 0 radical (unpaired) electrons. The van der Waals surface area contributed by atoms with Crippen molar-refractivity contribution in [1.82, 2.24) is 0 Å². The fraction of sp³-hybridized carbons (Fsp3) is 0.333. The van der Waals surface area contributed by atoms with Crippen LogP contribution in [-0.4, -0.2) is 11.7 Å². The number of hydrogen-bond donors (Lipinski definition) is 1. The predicted molar refractivity (Wildman–Crippen MR) is 79.7 cm³/mol. The van der Waals surface area contributed by atoms with E-state index in [9.17, 15) is 5.11 Å². The normalized spacial score (nSPS) is 19.4. The maximum atomic E-state index is 10.7. The zero-order valence-electron chi connectivity index (χ0n) is 12.0. The van der Waals surface area contributed by atoms with Gasteiger partial charge in [0.15, 0.2) is 0 Å². The van der Waals surface area contributed by atoms with Crippen molar-refractivity contribution in [3.8, 4) is 0 Å². The second kappa shape index (κ2) is 5.39. The second-order valence-electron chi connectivity index (χ2n) is 5.61. The summed E-state index contributed by atoms with van der Waals surface area (Å²) in [5.74, 6) is 0. The number of hydrogen-bond acceptors (Lipinski definition) is 2. The van der Waals surface area contributed by atoms with Crippen LogP contribution in [0.3, 0.4) is 0 Å². The molecule has 3 rings (SSSR count). The molecule has 0 fully saturated rings. The van der Waals surface area contributed by atoms with Crippen LogP contribution in [0.1, 0.15) is 40.0 Å². The molecule has 0 saturated carbocycles. The predicted octanol–water partition coefficient (Wildman–Crippen LogP) is 3.65. The summed E-state index contributed by atoms with van der Waals surface area (Å²) in [5, 5.41) is 10.7. The summed E-state index contributed by atoms with van der Waals surface area (Å²) < 4.78 is 5.85. The minimum absolute atomic E-state index is 0.263. The van der Waals surface area contributed by atoms with Gasteiger partial charge in [-0.25, -0.2) is 0 Å². The Morgan fingerprint density at radius 1 is 1.10 bits per heavy atom. The van der Waals surface area contributed by atoms with Crippen molar-refractivity contribution in [2.75, 3.05) is 6.61 Å². The van der Waals surface area contributed by atoms with Gasteiger partial charge in [0.05, 0.1) is 6.61 Å². The van der Waals surface area contributed by atoms with E-state index in [0.29, 0.717) is 6.61 Å². The van der Waals surface area contributed by atoms with E-state index in [0.717, 1.165) is 17.5 Å². The molecule has 2 unspecified atom stereocenters. The Labute approximate surface area is 120 Å². The Balaban J connectivity index is 1.97. The molecule has 2 nitrogen and oxygen atoms in total. The largest absolute Gasteiger partial charge is 0.385 e. The summed E-state index contributed by atoms with van der Waals surface area (Å²) in [7, 11) is 0. The average Bonchev–Trinajstić information content (AvgIpc) is 2.45. The first-order chi connectivity index (χ1) is 9.65.